The first-order chi connectivity index (χ1) is 6.46. The molecule has 14 heavy (non-hydrogen) atoms. The Balaban J connectivity index is 2.76. The zero-order valence-corrected chi connectivity index (χ0v) is 8.06. The standard InChI is InChI=1S/C10H12O4/c1-7-5-3-4-6-10(7,2)14-9(13)8(11)12/h3-7H,1-2H3,(H,11,12). The lowest BCUT2D eigenvalue weighted by atomic mass is 9.87. The van der Waals surface area contributed by atoms with Gasteiger partial charge in [0.25, 0.3) is 0 Å². The van der Waals surface area contributed by atoms with E-state index in [4.69, 9.17) is 9.84 Å². The number of rotatable bonds is 1. The fourth-order valence-electron chi connectivity index (χ4n) is 1.19. The minimum atomic E-state index is -1.57. The number of carbonyl (C=O) groups is 2. The van der Waals surface area contributed by atoms with Crippen LogP contribution in [0.3, 0.4) is 0 Å². The van der Waals surface area contributed by atoms with Crippen LogP contribution in [0.2, 0.25) is 0 Å². The van der Waals surface area contributed by atoms with Crippen molar-refractivity contribution in [2.45, 2.75) is 19.4 Å². The van der Waals surface area contributed by atoms with Gasteiger partial charge in [0.1, 0.15) is 5.60 Å². The molecule has 4 heteroatoms. The van der Waals surface area contributed by atoms with E-state index in [1.165, 1.54) is 0 Å². The van der Waals surface area contributed by atoms with Crippen molar-refractivity contribution in [2.75, 3.05) is 0 Å². The quantitative estimate of drug-likeness (QED) is 0.504. The highest BCUT2D eigenvalue weighted by molar-refractivity contribution is 6.28. The number of hydrogen-bond acceptors (Lipinski definition) is 3. The van der Waals surface area contributed by atoms with Crippen molar-refractivity contribution in [3.8, 4) is 0 Å². The second-order valence-corrected chi connectivity index (χ2v) is 3.41. The number of esters is 1. The van der Waals surface area contributed by atoms with Crippen molar-refractivity contribution >= 4 is 11.9 Å². The lowest BCUT2D eigenvalue weighted by Gasteiger charge is -2.31. The van der Waals surface area contributed by atoms with Gasteiger partial charge in [0.15, 0.2) is 0 Å². The first-order valence-electron chi connectivity index (χ1n) is 4.28. The van der Waals surface area contributed by atoms with Gasteiger partial charge in [0.05, 0.1) is 0 Å². The molecule has 1 aliphatic carbocycles. The highest BCUT2D eigenvalue weighted by atomic mass is 16.6. The molecule has 0 saturated heterocycles. The third-order valence-electron chi connectivity index (χ3n) is 2.33. The number of allylic oxidation sites excluding steroid dienone is 2. The fraction of sp³-hybridized carbons (Fsp3) is 0.400. The fourth-order valence-corrected chi connectivity index (χ4v) is 1.19. The number of carboxylic acids is 1. The van der Waals surface area contributed by atoms with Crippen LogP contribution < -0.4 is 0 Å². The van der Waals surface area contributed by atoms with Gasteiger partial charge in [-0.15, -0.1) is 0 Å². The molecule has 76 valence electrons. The molecule has 0 spiro atoms. The van der Waals surface area contributed by atoms with Crippen LogP contribution in [0.4, 0.5) is 0 Å². The Morgan fingerprint density at radius 3 is 2.57 bits per heavy atom. The number of carbonyl (C=O) groups excluding carboxylic acids is 1. The van der Waals surface area contributed by atoms with Gasteiger partial charge in [-0.25, -0.2) is 9.59 Å². The van der Waals surface area contributed by atoms with E-state index >= 15 is 0 Å². The molecule has 0 aliphatic heterocycles. The summed E-state index contributed by atoms with van der Waals surface area (Å²) < 4.78 is 4.88. The SMILES string of the molecule is CC1C=CC=CC1(C)OC(=O)C(=O)O. The summed E-state index contributed by atoms with van der Waals surface area (Å²) in [4.78, 5) is 21.2. The minimum absolute atomic E-state index is 0.0317. The van der Waals surface area contributed by atoms with Crippen LogP contribution in [0.5, 0.6) is 0 Å². The van der Waals surface area contributed by atoms with Gasteiger partial charge in [-0.2, -0.15) is 0 Å². The highest BCUT2D eigenvalue weighted by Crippen LogP contribution is 2.27. The van der Waals surface area contributed by atoms with Gasteiger partial charge in [-0.05, 0) is 13.0 Å². The van der Waals surface area contributed by atoms with Crippen molar-refractivity contribution in [3.05, 3.63) is 24.3 Å². The van der Waals surface area contributed by atoms with E-state index in [1.54, 1.807) is 19.1 Å². The molecule has 1 N–H and O–H groups in total. The molecule has 0 bridgehead atoms. The molecule has 0 amide bonds. The van der Waals surface area contributed by atoms with Crippen LogP contribution in [0.1, 0.15) is 13.8 Å². The Kier molecular flexibility index (Phi) is 2.74. The van der Waals surface area contributed by atoms with Crippen molar-refractivity contribution in [3.63, 3.8) is 0 Å². The van der Waals surface area contributed by atoms with Crippen LogP contribution in [-0.4, -0.2) is 22.6 Å². The maximum absolute atomic E-state index is 10.9. The lowest BCUT2D eigenvalue weighted by Crippen LogP contribution is -2.38. The van der Waals surface area contributed by atoms with E-state index < -0.39 is 17.5 Å². The van der Waals surface area contributed by atoms with Gasteiger partial charge < -0.3 is 9.84 Å². The van der Waals surface area contributed by atoms with Crippen molar-refractivity contribution < 1.29 is 19.4 Å². The van der Waals surface area contributed by atoms with Gasteiger partial charge in [-0.1, -0.05) is 25.2 Å². The van der Waals surface area contributed by atoms with E-state index in [9.17, 15) is 9.59 Å². The number of aliphatic carboxylic acids is 1. The largest absolute Gasteiger partial charge is 0.473 e. The summed E-state index contributed by atoms with van der Waals surface area (Å²) in [5.41, 5.74) is -0.857. The summed E-state index contributed by atoms with van der Waals surface area (Å²) in [6, 6.07) is 0. The van der Waals surface area contributed by atoms with Gasteiger partial charge in [-0.3, -0.25) is 0 Å². The van der Waals surface area contributed by atoms with E-state index in [0.29, 0.717) is 0 Å². The maximum atomic E-state index is 10.9. The number of carboxylic acid groups (broad SMARTS) is 1. The first kappa shape index (κ1) is 10.5. The molecule has 4 nitrogen and oxygen atoms in total. The monoisotopic (exact) mass is 196 g/mol. The van der Waals surface area contributed by atoms with E-state index in [2.05, 4.69) is 0 Å². The summed E-state index contributed by atoms with van der Waals surface area (Å²) >= 11 is 0. The Bertz CT molecular complexity index is 316. The van der Waals surface area contributed by atoms with E-state index in [1.807, 2.05) is 19.1 Å². The molecule has 2 atom stereocenters. The molecule has 0 fully saturated rings. The van der Waals surface area contributed by atoms with Crippen LogP contribution in [0.15, 0.2) is 24.3 Å². The zero-order valence-electron chi connectivity index (χ0n) is 8.06. The van der Waals surface area contributed by atoms with Crippen molar-refractivity contribution in [1.82, 2.24) is 0 Å². The topological polar surface area (TPSA) is 63.6 Å². The Labute approximate surface area is 81.9 Å². The first-order valence-corrected chi connectivity index (χ1v) is 4.28. The van der Waals surface area contributed by atoms with Crippen LogP contribution in [0.25, 0.3) is 0 Å². The predicted molar refractivity (Wildman–Crippen MR) is 49.6 cm³/mol. The third-order valence-corrected chi connectivity index (χ3v) is 2.33. The predicted octanol–water partition coefficient (Wildman–Crippen LogP) is 1.14. The average Bonchev–Trinajstić information content (AvgIpc) is 2.10. The highest BCUT2D eigenvalue weighted by Gasteiger charge is 2.34. The second kappa shape index (κ2) is 3.65. The Morgan fingerprint density at radius 1 is 1.43 bits per heavy atom. The Morgan fingerprint density at radius 2 is 2.07 bits per heavy atom. The normalized spacial score (nSPS) is 30.0. The zero-order chi connectivity index (χ0) is 10.8. The molecule has 2 unspecified atom stereocenters. The molecular formula is C10H12O4. The lowest BCUT2D eigenvalue weighted by molar-refractivity contribution is -0.172. The molecule has 1 rings (SSSR count). The van der Waals surface area contributed by atoms with E-state index in [0.717, 1.165) is 0 Å². The van der Waals surface area contributed by atoms with Crippen molar-refractivity contribution in [2.24, 2.45) is 5.92 Å². The second-order valence-electron chi connectivity index (χ2n) is 3.41. The summed E-state index contributed by atoms with van der Waals surface area (Å²) in [7, 11) is 0. The molecule has 0 aromatic heterocycles. The average molecular weight is 196 g/mol. The molecular weight excluding hydrogens is 184 g/mol. The molecule has 0 heterocycles. The third kappa shape index (κ3) is 2.02. The smallest absolute Gasteiger partial charge is 0.418 e. The van der Waals surface area contributed by atoms with E-state index in [-0.39, 0.29) is 5.92 Å². The van der Waals surface area contributed by atoms with Gasteiger partial charge in [0, 0.05) is 5.92 Å². The summed E-state index contributed by atoms with van der Waals surface area (Å²) in [5, 5.41) is 8.40. The minimum Gasteiger partial charge on any atom is -0.473 e. The molecule has 1 aliphatic rings. The summed E-state index contributed by atoms with van der Waals surface area (Å²) in [6.45, 7) is 3.54. The van der Waals surface area contributed by atoms with Gasteiger partial charge >= 0.3 is 11.9 Å². The molecule has 0 radical (unpaired) electrons. The van der Waals surface area contributed by atoms with Crippen molar-refractivity contribution in [1.29, 1.82) is 0 Å². The Hall–Kier alpha value is -1.58. The molecule has 0 aromatic rings. The van der Waals surface area contributed by atoms with Gasteiger partial charge in [0.2, 0.25) is 0 Å². The van der Waals surface area contributed by atoms with Crippen LogP contribution in [-0.2, 0) is 14.3 Å². The molecule has 0 saturated carbocycles. The number of hydrogen-bond donors (Lipinski definition) is 1. The molecule has 0 aromatic carbocycles. The summed E-state index contributed by atoms with van der Waals surface area (Å²) in [5.74, 6) is -2.82. The van der Waals surface area contributed by atoms with Crippen LogP contribution >= 0.6 is 0 Å². The maximum Gasteiger partial charge on any atom is 0.418 e. The van der Waals surface area contributed by atoms with Crippen LogP contribution in [0, 0.1) is 5.92 Å². The summed E-state index contributed by atoms with van der Waals surface area (Å²) in [6.07, 6.45) is 7.10. The number of ether oxygens (including phenoxy) is 1.